The third-order valence-electron chi connectivity index (χ3n) is 7.12. The van der Waals surface area contributed by atoms with Crippen LogP contribution in [0.15, 0.2) is 73.1 Å². The van der Waals surface area contributed by atoms with Gasteiger partial charge in [0.15, 0.2) is 17.4 Å². The second-order valence-corrected chi connectivity index (χ2v) is 9.90. The van der Waals surface area contributed by atoms with E-state index in [9.17, 15) is 9.59 Å². The summed E-state index contributed by atoms with van der Waals surface area (Å²) >= 11 is 0. The molecule has 43 heavy (non-hydrogen) atoms. The number of pyridine rings is 1. The van der Waals surface area contributed by atoms with Crippen LogP contribution in [0.2, 0.25) is 0 Å². The van der Waals surface area contributed by atoms with E-state index in [4.69, 9.17) is 24.2 Å². The van der Waals surface area contributed by atoms with Crippen LogP contribution in [0, 0.1) is 0 Å². The quantitative estimate of drug-likeness (QED) is 0.332. The minimum absolute atomic E-state index is 0.0759. The van der Waals surface area contributed by atoms with Crippen molar-refractivity contribution >= 4 is 34.8 Å². The smallest absolute Gasteiger partial charge is 0.323 e. The van der Waals surface area contributed by atoms with Crippen molar-refractivity contribution in [2.24, 2.45) is 0 Å². The van der Waals surface area contributed by atoms with Crippen LogP contribution in [0.25, 0.3) is 22.6 Å². The number of nitrogens with one attached hydrogen (secondary N) is 2. The van der Waals surface area contributed by atoms with Gasteiger partial charge in [-0.3, -0.25) is 9.78 Å². The summed E-state index contributed by atoms with van der Waals surface area (Å²) in [7, 11) is 1.62. The summed E-state index contributed by atoms with van der Waals surface area (Å²) in [5.41, 5.74) is 4.21. The Morgan fingerprint density at radius 1 is 0.860 bits per heavy atom. The first-order valence-electron chi connectivity index (χ1n) is 13.9. The van der Waals surface area contributed by atoms with E-state index >= 15 is 0 Å². The third-order valence-corrected chi connectivity index (χ3v) is 7.12. The van der Waals surface area contributed by atoms with Crippen molar-refractivity contribution in [2.45, 2.75) is 0 Å². The average molecular weight is 582 g/mol. The molecule has 2 aliphatic rings. The van der Waals surface area contributed by atoms with Gasteiger partial charge in [-0.15, -0.1) is 0 Å². The summed E-state index contributed by atoms with van der Waals surface area (Å²) in [5.74, 6) is 1.72. The molecule has 2 saturated heterocycles. The van der Waals surface area contributed by atoms with Crippen LogP contribution in [0.1, 0.15) is 0 Å². The van der Waals surface area contributed by atoms with Crippen LogP contribution in [-0.4, -0.2) is 80.1 Å². The molecule has 0 unspecified atom stereocenters. The third kappa shape index (κ3) is 6.40. The number of rotatable bonds is 7. The monoisotopic (exact) mass is 581 g/mol. The number of aromatic nitrogens is 3. The number of anilines is 4. The first-order valence-corrected chi connectivity index (χ1v) is 13.9. The summed E-state index contributed by atoms with van der Waals surface area (Å²) < 4.78 is 16.5. The predicted molar refractivity (Wildman–Crippen MR) is 163 cm³/mol. The van der Waals surface area contributed by atoms with Gasteiger partial charge in [0, 0.05) is 60.2 Å². The molecule has 0 bridgehead atoms. The molecule has 3 amide bonds. The van der Waals surface area contributed by atoms with Gasteiger partial charge in [-0.25, -0.2) is 14.8 Å². The number of ether oxygens (including phenoxy) is 3. The molecule has 2 aromatic heterocycles. The number of carbonyl (C=O) groups excluding carboxylic acids is 2. The molecule has 2 aliphatic heterocycles. The molecule has 4 aromatic rings. The molecule has 2 aromatic carbocycles. The zero-order chi connectivity index (χ0) is 29.6. The van der Waals surface area contributed by atoms with Crippen LogP contribution in [-0.2, 0) is 14.3 Å². The molecule has 2 fully saturated rings. The Kier molecular flexibility index (Phi) is 8.38. The van der Waals surface area contributed by atoms with E-state index in [2.05, 4.69) is 20.5 Å². The van der Waals surface area contributed by atoms with E-state index < -0.39 is 6.03 Å². The highest BCUT2D eigenvalue weighted by Gasteiger charge is 2.24. The zero-order valence-electron chi connectivity index (χ0n) is 23.7. The van der Waals surface area contributed by atoms with Crippen LogP contribution >= 0.6 is 0 Å². The van der Waals surface area contributed by atoms with Crippen molar-refractivity contribution in [3.05, 3.63) is 73.1 Å². The van der Waals surface area contributed by atoms with Gasteiger partial charge in [0.25, 0.3) is 5.91 Å². The van der Waals surface area contributed by atoms with Gasteiger partial charge >= 0.3 is 6.03 Å². The van der Waals surface area contributed by atoms with Crippen LogP contribution in [0.4, 0.5) is 27.7 Å². The lowest BCUT2D eigenvalue weighted by Crippen LogP contribution is -2.41. The summed E-state index contributed by atoms with van der Waals surface area (Å²) in [4.78, 5) is 42.6. The standard InChI is InChI=1S/C31H31N7O5/c1-41-28-27(22-3-2-12-32-19-22)35-29(36-30(28)37-13-16-42-17-14-37)21-4-6-23(7-5-21)33-31(40)34-24-8-10-25(11-9-24)38-15-18-43-20-26(38)39/h2-12,19H,13-18,20H2,1H3,(H2,33,34,40). The van der Waals surface area contributed by atoms with Gasteiger partial charge in [-0.2, -0.15) is 0 Å². The lowest BCUT2D eigenvalue weighted by Gasteiger charge is -2.29. The first kappa shape index (κ1) is 28.1. The zero-order valence-corrected chi connectivity index (χ0v) is 23.7. The van der Waals surface area contributed by atoms with Crippen molar-refractivity contribution in [2.75, 3.05) is 73.6 Å². The highest BCUT2D eigenvalue weighted by atomic mass is 16.5. The molecular formula is C31H31N7O5. The minimum atomic E-state index is -0.392. The average Bonchev–Trinajstić information content (AvgIpc) is 3.06. The van der Waals surface area contributed by atoms with E-state index in [0.29, 0.717) is 73.9 Å². The highest BCUT2D eigenvalue weighted by molar-refractivity contribution is 6.00. The number of hydrogen-bond donors (Lipinski definition) is 2. The molecule has 0 saturated carbocycles. The predicted octanol–water partition coefficient (Wildman–Crippen LogP) is 4.06. The Labute approximate surface area is 248 Å². The summed E-state index contributed by atoms with van der Waals surface area (Å²) in [6.45, 7) is 3.65. The van der Waals surface area contributed by atoms with Crippen LogP contribution < -0.4 is 25.2 Å². The Hall–Kier alpha value is -5.07. The molecular weight excluding hydrogens is 550 g/mol. The fourth-order valence-corrected chi connectivity index (χ4v) is 4.96. The molecule has 12 heteroatoms. The molecule has 0 aliphatic carbocycles. The second kappa shape index (κ2) is 12.8. The van der Waals surface area contributed by atoms with E-state index in [-0.39, 0.29) is 12.5 Å². The first-order chi connectivity index (χ1) is 21.1. The maximum Gasteiger partial charge on any atom is 0.323 e. The molecule has 12 nitrogen and oxygen atoms in total. The number of carbonyl (C=O) groups is 2. The summed E-state index contributed by atoms with van der Waals surface area (Å²) in [6.07, 6.45) is 3.46. The summed E-state index contributed by atoms with van der Waals surface area (Å²) in [5, 5.41) is 5.67. The molecule has 0 spiro atoms. The normalized spacial score (nSPS) is 15.2. The van der Waals surface area contributed by atoms with Gasteiger partial charge in [0.05, 0.1) is 26.9 Å². The molecule has 220 valence electrons. The van der Waals surface area contributed by atoms with Gasteiger partial charge in [0.1, 0.15) is 12.3 Å². The number of benzene rings is 2. The van der Waals surface area contributed by atoms with E-state index in [1.165, 1.54) is 0 Å². The fourth-order valence-electron chi connectivity index (χ4n) is 4.96. The topological polar surface area (TPSA) is 131 Å². The van der Waals surface area contributed by atoms with Crippen LogP contribution in [0.3, 0.4) is 0 Å². The Balaban J connectivity index is 1.19. The molecule has 0 atom stereocenters. The Bertz CT molecular complexity index is 1580. The van der Waals surface area contributed by atoms with Crippen molar-refractivity contribution in [3.8, 4) is 28.4 Å². The summed E-state index contributed by atoms with van der Waals surface area (Å²) in [6, 6.07) is 17.8. The van der Waals surface area contributed by atoms with Gasteiger partial charge in [0.2, 0.25) is 0 Å². The number of urea groups is 1. The van der Waals surface area contributed by atoms with E-state index in [0.717, 1.165) is 16.8 Å². The molecule has 2 N–H and O–H groups in total. The maximum absolute atomic E-state index is 12.7. The van der Waals surface area contributed by atoms with E-state index in [1.807, 2.05) is 24.3 Å². The van der Waals surface area contributed by atoms with Crippen molar-refractivity contribution < 1.29 is 23.8 Å². The van der Waals surface area contributed by atoms with Crippen molar-refractivity contribution in [3.63, 3.8) is 0 Å². The number of morpholine rings is 2. The number of methoxy groups -OCH3 is 1. The molecule has 6 rings (SSSR count). The fraction of sp³-hybridized carbons (Fsp3) is 0.258. The second-order valence-electron chi connectivity index (χ2n) is 9.90. The van der Waals surface area contributed by atoms with Gasteiger partial charge in [-0.1, -0.05) is 0 Å². The molecule has 4 heterocycles. The lowest BCUT2D eigenvalue weighted by atomic mass is 10.1. The molecule has 0 radical (unpaired) electrons. The lowest BCUT2D eigenvalue weighted by molar-refractivity contribution is -0.125. The van der Waals surface area contributed by atoms with E-state index in [1.54, 1.807) is 60.8 Å². The highest BCUT2D eigenvalue weighted by Crippen LogP contribution is 2.38. The minimum Gasteiger partial charge on any atom is -0.491 e. The largest absolute Gasteiger partial charge is 0.491 e. The maximum atomic E-state index is 12.7. The van der Waals surface area contributed by atoms with Crippen LogP contribution in [0.5, 0.6) is 5.75 Å². The number of amides is 3. The van der Waals surface area contributed by atoms with Gasteiger partial charge < -0.3 is 34.6 Å². The van der Waals surface area contributed by atoms with Crippen molar-refractivity contribution in [1.29, 1.82) is 0 Å². The van der Waals surface area contributed by atoms with Crippen molar-refractivity contribution in [1.82, 2.24) is 15.0 Å². The van der Waals surface area contributed by atoms with Gasteiger partial charge in [-0.05, 0) is 60.7 Å². The number of nitrogens with zero attached hydrogens (tertiary/aromatic N) is 5. The Morgan fingerprint density at radius 3 is 2.21 bits per heavy atom. The Morgan fingerprint density at radius 2 is 1.56 bits per heavy atom. The SMILES string of the molecule is COc1c(-c2cccnc2)nc(-c2ccc(NC(=O)Nc3ccc(N4CCOCC4=O)cc3)cc2)nc1N1CCOCC1. The number of hydrogen-bond acceptors (Lipinski definition) is 9.